The van der Waals surface area contributed by atoms with Crippen LogP contribution in [0.5, 0.6) is 0 Å². The van der Waals surface area contributed by atoms with Gasteiger partial charge < -0.3 is 4.84 Å². The average Bonchev–Trinajstić information content (AvgIpc) is 1.41. The van der Waals surface area contributed by atoms with Crippen molar-refractivity contribution in [2.45, 2.75) is 0 Å². The van der Waals surface area contributed by atoms with E-state index in [9.17, 15) is 0 Å². The Morgan fingerprint density at radius 3 is 2.60 bits per heavy atom. The van der Waals surface area contributed by atoms with Gasteiger partial charge in [-0.3, -0.25) is 0 Å². The van der Waals surface area contributed by atoms with Gasteiger partial charge in [0.15, 0.2) is 7.85 Å². The fraction of sp³-hybridized carbons (Fsp3) is 0.500. The molecule has 0 aliphatic rings. The lowest BCUT2D eigenvalue weighted by molar-refractivity contribution is 0.216. The monoisotopic (exact) mass is 71.1 g/mol. The van der Waals surface area contributed by atoms with E-state index < -0.39 is 0 Å². The van der Waals surface area contributed by atoms with Gasteiger partial charge in [0.05, 0.1) is 0 Å². The first-order chi connectivity index (χ1) is 2.41. The molecule has 0 rings (SSSR count). The number of oxime groups is 1. The van der Waals surface area contributed by atoms with Crippen LogP contribution < -0.4 is 0 Å². The summed E-state index contributed by atoms with van der Waals surface area (Å²) in [5.41, 5.74) is 0. The van der Waals surface area contributed by atoms with E-state index in [0.717, 1.165) is 0 Å². The van der Waals surface area contributed by atoms with Crippen LogP contribution in [-0.4, -0.2) is 21.1 Å². The first-order valence-corrected chi connectivity index (χ1v) is 1.43. The zero-order valence-corrected chi connectivity index (χ0v) is 3.43. The van der Waals surface area contributed by atoms with Gasteiger partial charge in [-0.15, -0.1) is 5.16 Å². The van der Waals surface area contributed by atoms with Crippen LogP contribution in [0.3, 0.4) is 0 Å². The second kappa shape index (κ2) is 3.53. The molecule has 0 aromatic rings. The maximum Gasteiger partial charge on any atom is 0.158 e. The van der Waals surface area contributed by atoms with Crippen molar-refractivity contribution in [2.24, 2.45) is 5.16 Å². The van der Waals surface area contributed by atoms with E-state index in [1.54, 1.807) is 14.0 Å². The van der Waals surface area contributed by atoms with Gasteiger partial charge >= 0.3 is 0 Å². The van der Waals surface area contributed by atoms with Gasteiger partial charge in [0, 0.05) is 0 Å². The predicted octanol–water partition coefficient (Wildman–Crippen LogP) is -0.791. The molecule has 0 amide bonds. The minimum atomic E-state index is 1.51. The van der Waals surface area contributed by atoms with Gasteiger partial charge in [0.1, 0.15) is 7.11 Å². The van der Waals surface area contributed by atoms with Gasteiger partial charge in [-0.1, -0.05) is 0 Å². The molecule has 0 saturated heterocycles. The Labute approximate surface area is 32.2 Å². The van der Waals surface area contributed by atoms with Crippen LogP contribution in [0.4, 0.5) is 0 Å². The predicted molar refractivity (Wildman–Crippen MR) is 24.0 cm³/mol. The van der Waals surface area contributed by atoms with Gasteiger partial charge in [-0.05, 0) is 6.11 Å². The fourth-order valence-electron chi connectivity index (χ4n) is 0.105. The summed E-state index contributed by atoms with van der Waals surface area (Å²) in [6, 6.07) is 0. The number of rotatable bonds is 1. The molecule has 0 atom stereocenters. The summed E-state index contributed by atoms with van der Waals surface area (Å²) < 4.78 is 0. The van der Waals surface area contributed by atoms with E-state index in [1.807, 2.05) is 0 Å². The third-order valence-corrected chi connectivity index (χ3v) is 0.211. The highest BCUT2D eigenvalue weighted by molar-refractivity contribution is 6.49. The van der Waals surface area contributed by atoms with Crippen LogP contribution in [-0.2, 0) is 4.84 Å². The number of hydrogen-bond donors (Lipinski definition) is 0. The van der Waals surface area contributed by atoms with Crippen LogP contribution >= 0.6 is 0 Å². The Balaban J connectivity index is 2.62. The molecule has 0 bridgehead atoms. The van der Waals surface area contributed by atoms with Crippen LogP contribution in [0.25, 0.3) is 0 Å². The van der Waals surface area contributed by atoms with E-state index in [-0.39, 0.29) is 0 Å². The molecule has 0 radical (unpaired) electrons. The molecular weight excluding hydrogens is 64.8 g/mol. The van der Waals surface area contributed by atoms with E-state index in [4.69, 9.17) is 0 Å². The zero-order chi connectivity index (χ0) is 4.12. The lowest BCUT2D eigenvalue weighted by Gasteiger charge is -1.75. The van der Waals surface area contributed by atoms with Crippen molar-refractivity contribution in [2.75, 3.05) is 7.11 Å². The SMILES string of the molecule is BC=NOC. The van der Waals surface area contributed by atoms with Crippen molar-refractivity contribution in [1.82, 2.24) is 0 Å². The lowest BCUT2D eigenvalue weighted by Crippen LogP contribution is -1.68. The minimum absolute atomic E-state index is 1.51. The minimum Gasteiger partial charge on any atom is -0.400 e. The summed E-state index contributed by atoms with van der Waals surface area (Å²) in [5.74, 6) is 0. The summed E-state index contributed by atoms with van der Waals surface area (Å²) in [4.78, 5) is 4.26. The van der Waals surface area contributed by atoms with Crippen molar-refractivity contribution >= 4 is 14.0 Å². The van der Waals surface area contributed by atoms with Crippen LogP contribution in [0, 0.1) is 0 Å². The van der Waals surface area contributed by atoms with Crippen molar-refractivity contribution in [1.29, 1.82) is 0 Å². The molecule has 2 nitrogen and oxygen atoms in total. The maximum atomic E-state index is 4.26. The van der Waals surface area contributed by atoms with Gasteiger partial charge in [-0.25, -0.2) is 0 Å². The molecule has 0 N–H and O–H groups in total. The summed E-state index contributed by atoms with van der Waals surface area (Å²) in [5, 5.41) is 3.35. The first-order valence-electron chi connectivity index (χ1n) is 1.43. The summed E-state index contributed by atoms with van der Waals surface area (Å²) in [6.07, 6.45) is 1.58. The summed E-state index contributed by atoms with van der Waals surface area (Å²) in [6.45, 7) is 0. The highest BCUT2D eigenvalue weighted by Gasteiger charge is 1.47. The average molecular weight is 70.9 g/mol. The third-order valence-electron chi connectivity index (χ3n) is 0.211. The molecule has 0 unspecified atom stereocenters. The normalized spacial score (nSPS) is 9.00. The summed E-state index contributed by atoms with van der Waals surface area (Å²) >= 11 is 0. The van der Waals surface area contributed by atoms with Crippen molar-refractivity contribution in [3.05, 3.63) is 0 Å². The molecule has 28 valence electrons. The van der Waals surface area contributed by atoms with E-state index in [0.29, 0.717) is 0 Å². The molecule has 0 heterocycles. The molecule has 0 saturated carbocycles. The maximum absolute atomic E-state index is 4.26. The van der Waals surface area contributed by atoms with Gasteiger partial charge in [0.2, 0.25) is 0 Å². The Morgan fingerprint density at radius 2 is 2.60 bits per heavy atom. The topological polar surface area (TPSA) is 21.6 Å². The van der Waals surface area contributed by atoms with Crippen molar-refractivity contribution in [3.63, 3.8) is 0 Å². The Bertz CT molecular complexity index is 36.6. The molecule has 0 aliphatic heterocycles. The highest BCUT2D eigenvalue weighted by atomic mass is 16.6. The summed E-state index contributed by atoms with van der Waals surface area (Å²) in [7, 11) is 3.31. The zero-order valence-electron chi connectivity index (χ0n) is 3.43. The Kier molecular flexibility index (Phi) is 3.21. The van der Waals surface area contributed by atoms with Crippen LogP contribution in [0.1, 0.15) is 0 Å². The number of hydrogen-bond acceptors (Lipinski definition) is 2. The van der Waals surface area contributed by atoms with Crippen LogP contribution in [0.2, 0.25) is 0 Å². The third kappa shape index (κ3) is 3.53. The highest BCUT2D eigenvalue weighted by Crippen LogP contribution is 1.54. The standard InChI is InChI=1S/C2H6BNO/c1-5-4-2-3/h2H,3H2,1H3. The molecule has 0 aromatic carbocycles. The van der Waals surface area contributed by atoms with Gasteiger partial charge in [-0.2, -0.15) is 0 Å². The molecule has 5 heavy (non-hydrogen) atoms. The van der Waals surface area contributed by atoms with Crippen LogP contribution in [0.15, 0.2) is 5.16 Å². The lowest BCUT2D eigenvalue weighted by atomic mass is 10.2. The second-order valence-electron chi connectivity index (χ2n) is 0.546. The quantitative estimate of drug-likeness (QED) is 0.225. The van der Waals surface area contributed by atoms with Crippen molar-refractivity contribution < 1.29 is 4.84 Å². The molecule has 3 heteroatoms. The Hall–Kier alpha value is -0.465. The smallest absolute Gasteiger partial charge is 0.158 e. The second-order valence-corrected chi connectivity index (χ2v) is 0.546. The fourth-order valence-corrected chi connectivity index (χ4v) is 0.105. The van der Waals surface area contributed by atoms with Crippen molar-refractivity contribution in [3.8, 4) is 0 Å². The Morgan fingerprint density at radius 1 is 2.00 bits per heavy atom. The molecule has 0 fully saturated rings. The van der Waals surface area contributed by atoms with E-state index in [2.05, 4.69) is 9.99 Å². The molecule has 0 spiro atoms. The molecule has 0 aliphatic carbocycles. The molecular formula is C2H6BNO. The molecule has 0 aromatic heterocycles. The van der Waals surface area contributed by atoms with Gasteiger partial charge in [0.25, 0.3) is 0 Å². The number of nitrogens with zero attached hydrogens (tertiary/aromatic N) is 1. The first kappa shape index (κ1) is 4.53. The van der Waals surface area contributed by atoms with E-state index >= 15 is 0 Å². The largest absolute Gasteiger partial charge is 0.400 e. The van der Waals surface area contributed by atoms with E-state index in [1.165, 1.54) is 7.11 Å².